The number of carbonyl (C=O) groups is 2. The van der Waals surface area contributed by atoms with Gasteiger partial charge in [0.25, 0.3) is 0 Å². The minimum atomic E-state index is -0.423. The average Bonchev–Trinajstić information content (AvgIpc) is 2.66. The Hall–Kier alpha value is -2.95. The molecule has 0 bridgehead atoms. The van der Waals surface area contributed by atoms with E-state index in [1.165, 1.54) is 7.11 Å². The summed E-state index contributed by atoms with van der Waals surface area (Å²) in [5.41, 5.74) is 1.61. The molecule has 0 aromatic heterocycles. The first-order chi connectivity index (χ1) is 12.6. The van der Waals surface area contributed by atoms with Crippen LogP contribution in [0.4, 0.5) is 5.69 Å². The van der Waals surface area contributed by atoms with Gasteiger partial charge in [0.05, 0.1) is 30.5 Å². The van der Waals surface area contributed by atoms with E-state index in [1.807, 2.05) is 42.5 Å². The number of hydrogen-bond acceptors (Lipinski definition) is 5. The number of aliphatic imine (C=N–C) groups is 1. The number of Topliss-reactive ketones (excluding diaryl/α,β-unsaturated/α-hetero) is 1. The van der Waals surface area contributed by atoms with Crippen molar-refractivity contribution in [3.05, 3.63) is 53.8 Å². The van der Waals surface area contributed by atoms with Gasteiger partial charge in [-0.2, -0.15) is 0 Å². The molecule has 5 nitrogen and oxygen atoms in total. The van der Waals surface area contributed by atoms with Gasteiger partial charge >= 0.3 is 5.97 Å². The highest BCUT2D eigenvalue weighted by Gasteiger charge is 2.26. The van der Waals surface area contributed by atoms with E-state index in [9.17, 15) is 14.7 Å². The minimum Gasteiger partial charge on any atom is -0.511 e. The van der Waals surface area contributed by atoms with E-state index < -0.39 is 5.97 Å². The summed E-state index contributed by atoms with van der Waals surface area (Å²) in [6.45, 7) is 0. The average molecular weight is 351 g/mol. The molecule has 3 rings (SSSR count). The summed E-state index contributed by atoms with van der Waals surface area (Å²) in [6.07, 6.45) is 1.80. The van der Waals surface area contributed by atoms with E-state index in [1.54, 1.807) is 0 Å². The van der Waals surface area contributed by atoms with Gasteiger partial charge < -0.3 is 9.84 Å². The summed E-state index contributed by atoms with van der Waals surface area (Å²) >= 11 is 0. The van der Waals surface area contributed by atoms with Crippen LogP contribution < -0.4 is 0 Å². The number of aliphatic hydroxyl groups is 1. The highest BCUT2D eigenvalue weighted by molar-refractivity contribution is 6.25. The first-order valence-corrected chi connectivity index (χ1v) is 8.68. The van der Waals surface area contributed by atoms with Crippen LogP contribution >= 0.6 is 0 Å². The Bertz CT molecular complexity index is 906. The molecule has 2 aromatic carbocycles. The lowest BCUT2D eigenvalue weighted by molar-refractivity contribution is -0.140. The first-order valence-electron chi connectivity index (χ1n) is 8.68. The molecule has 1 fully saturated rings. The van der Waals surface area contributed by atoms with E-state index in [2.05, 4.69) is 4.74 Å². The molecule has 0 amide bonds. The van der Waals surface area contributed by atoms with Crippen LogP contribution in [0.25, 0.3) is 10.8 Å². The number of methoxy groups -OCH3 is 1. The molecular formula is C21H21NO4. The molecule has 5 heteroatoms. The lowest BCUT2D eigenvalue weighted by Crippen LogP contribution is -2.21. The maximum atomic E-state index is 12.4. The Kier molecular flexibility index (Phi) is 5.46. The molecule has 1 aliphatic rings. The summed E-state index contributed by atoms with van der Waals surface area (Å²) in [6, 6.07) is 13.7. The third-order valence-electron chi connectivity index (χ3n) is 4.49. The Morgan fingerprint density at radius 2 is 1.88 bits per heavy atom. The Morgan fingerprint density at radius 1 is 1.12 bits per heavy atom. The molecule has 1 aliphatic carbocycles. The Balaban J connectivity index is 2.01. The molecule has 0 heterocycles. The molecule has 26 heavy (non-hydrogen) atoms. The van der Waals surface area contributed by atoms with Gasteiger partial charge in [0.15, 0.2) is 5.78 Å². The van der Waals surface area contributed by atoms with E-state index in [0.717, 1.165) is 16.5 Å². The molecule has 0 atom stereocenters. The first kappa shape index (κ1) is 17.9. The monoisotopic (exact) mass is 351 g/mol. The molecule has 0 radical (unpaired) electrons. The van der Waals surface area contributed by atoms with Crippen LogP contribution in [0.3, 0.4) is 0 Å². The van der Waals surface area contributed by atoms with Gasteiger partial charge in [-0.05, 0) is 24.3 Å². The number of carbonyl (C=O) groups excluding carboxylic acids is 2. The largest absolute Gasteiger partial charge is 0.511 e. The van der Waals surface area contributed by atoms with Crippen LogP contribution in [0.15, 0.2) is 58.8 Å². The smallest absolute Gasteiger partial charge is 0.305 e. The highest BCUT2D eigenvalue weighted by atomic mass is 16.5. The molecule has 1 saturated carbocycles. The normalized spacial score (nSPS) is 18.2. The van der Waals surface area contributed by atoms with Crippen molar-refractivity contribution in [3.63, 3.8) is 0 Å². The number of esters is 1. The Labute approximate surface area is 152 Å². The van der Waals surface area contributed by atoms with E-state index in [0.29, 0.717) is 25.0 Å². The van der Waals surface area contributed by atoms with Gasteiger partial charge in [-0.15, -0.1) is 0 Å². The quantitative estimate of drug-likeness (QED) is 0.502. The van der Waals surface area contributed by atoms with Crippen molar-refractivity contribution in [1.82, 2.24) is 0 Å². The number of benzene rings is 2. The predicted molar refractivity (Wildman–Crippen MR) is 101 cm³/mol. The number of hydrogen-bond donors (Lipinski definition) is 1. The SMILES string of the molecule is COC(=O)CC/C(O)=C1\C(=O)CCCC1=Nc1cccc2ccccc12. The molecule has 1 N–H and O–H groups in total. The molecule has 0 saturated heterocycles. The van der Waals surface area contributed by atoms with Crippen LogP contribution in [0, 0.1) is 0 Å². The predicted octanol–water partition coefficient (Wildman–Crippen LogP) is 4.43. The second-order valence-electron chi connectivity index (χ2n) is 6.23. The zero-order valence-corrected chi connectivity index (χ0v) is 14.7. The third kappa shape index (κ3) is 3.82. The lowest BCUT2D eigenvalue weighted by atomic mass is 9.89. The summed E-state index contributed by atoms with van der Waals surface area (Å²) in [4.78, 5) is 28.4. The van der Waals surface area contributed by atoms with Crippen LogP contribution in [-0.2, 0) is 14.3 Å². The Morgan fingerprint density at radius 3 is 2.69 bits per heavy atom. The number of fused-ring (bicyclic) bond motifs is 1. The molecular weight excluding hydrogens is 330 g/mol. The van der Waals surface area contributed by atoms with Crippen molar-refractivity contribution in [2.75, 3.05) is 7.11 Å². The van der Waals surface area contributed by atoms with Gasteiger partial charge in [-0.25, -0.2) is 0 Å². The van der Waals surface area contributed by atoms with Gasteiger partial charge in [-0.3, -0.25) is 14.6 Å². The fraction of sp³-hybridized carbons (Fsp3) is 0.286. The van der Waals surface area contributed by atoms with Crippen molar-refractivity contribution in [3.8, 4) is 0 Å². The highest BCUT2D eigenvalue weighted by Crippen LogP contribution is 2.30. The summed E-state index contributed by atoms with van der Waals surface area (Å²) in [7, 11) is 1.30. The van der Waals surface area contributed by atoms with E-state index in [-0.39, 0.29) is 30.0 Å². The number of ketones is 1. The van der Waals surface area contributed by atoms with Crippen molar-refractivity contribution in [1.29, 1.82) is 0 Å². The third-order valence-corrected chi connectivity index (χ3v) is 4.49. The lowest BCUT2D eigenvalue weighted by Gasteiger charge is -2.18. The van der Waals surface area contributed by atoms with Crippen molar-refractivity contribution in [2.24, 2.45) is 4.99 Å². The van der Waals surface area contributed by atoms with Crippen molar-refractivity contribution >= 4 is 33.9 Å². The van der Waals surface area contributed by atoms with Crippen LogP contribution in [0.2, 0.25) is 0 Å². The van der Waals surface area contributed by atoms with Crippen LogP contribution in [0.1, 0.15) is 32.1 Å². The summed E-state index contributed by atoms with van der Waals surface area (Å²) < 4.78 is 4.60. The fourth-order valence-corrected chi connectivity index (χ4v) is 3.17. The molecule has 0 aliphatic heterocycles. The number of rotatable bonds is 4. The number of allylic oxidation sites excluding steroid dienone is 2. The number of nitrogens with zero attached hydrogens (tertiary/aromatic N) is 1. The topological polar surface area (TPSA) is 76.0 Å². The summed E-state index contributed by atoms with van der Waals surface area (Å²) in [5, 5.41) is 12.5. The molecule has 134 valence electrons. The maximum Gasteiger partial charge on any atom is 0.305 e. The number of ether oxygens (including phenoxy) is 1. The molecule has 2 aromatic rings. The fourth-order valence-electron chi connectivity index (χ4n) is 3.17. The number of aliphatic hydroxyl groups excluding tert-OH is 1. The van der Waals surface area contributed by atoms with Gasteiger partial charge in [-0.1, -0.05) is 36.4 Å². The zero-order valence-electron chi connectivity index (χ0n) is 14.7. The second kappa shape index (κ2) is 7.95. The standard InChI is InChI=1S/C21H21NO4/c1-26-20(25)13-12-19(24)21-17(10-5-11-18(21)23)22-16-9-4-7-14-6-2-3-8-15(14)16/h2-4,6-9,24H,5,10-13H2,1H3/b21-19+,22-17?. The van der Waals surface area contributed by atoms with Gasteiger partial charge in [0.1, 0.15) is 5.76 Å². The van der Waals surface area contributed by atoms with Gasteiger partial charge in [0, 0.05) is 18.2 Å². The minimum absolute atomic E-state index is 0.0284. The second-order valence-corrected chi connectivity index (χ2v) is 6.23. The van der Waals surface area contributed by atoms with E-state index >= 15 is 0 Å². The molecule has 0 spiro atoms. The molecule has 0 unspecified atom stereocenters. The van der Waals surface area contributed by atoms with Crippen molar-refractivity contribution in [2.45, 2.75) is 32.1 Å². The van der Waals surface area contributed by atoms with Gasteiger partial charge in [0.2, 0.25) is 0 Å². The van der Waals surface area contributed by atoms with Crippen LogP contribution in [-0.4, -0.2) is 29.7 Å². The zero-order chi connectivity index (χ0) is 18.5. The van der Waals surface area contributed by atoms with Crippen LogP contribution in [0.5, 0.6) is 0 Å². The van der Waals surface area contributed by atoms with E-state index in [4.69, 9.17) is 4.99 Å². The maximum absolute atomic E-state index is 12.4. The summed E-state index contributed by atoms with van der Waals surface area (Å²) in [5.74, 6) is -0.635. The van der Waals surface area contributed by atoms with Crippen molar-refractivity contribution < 1.29 is 19.4 Å².